The number of halogens is 1. The number of benzene rings is 2. The Morgan fingerprint density at radius 1 is 1.19 bits per heavy atom. The highest BCUT2D eigenvalue weighted by atomic mass is 19.1. The number of carbonyl (C=O) groups excluding carboxylic acids is 1. The molecular formula is C21H21FN2O2. The molecule has 26 heavy (non-hydrogen) atoms. The predicted octanol–water partition coefficient (Wildman–Crippen LogP) is 4.57. The lowest BCUT2D eigenvalue weighted by atomic mass is 10.1. The minimum Gasteiger partial charge on any atom is -0.483 e. The molecule has 0 fully saturated rings. The second-order valence-corrected chi connectivity index (χ2v) is 6.20. The van der Waals surface area contributed by atoms with Crippen LogP contribution in [0.3, 0.4) is 0 Å². The molecule has 2 aromatic carbocycles. The fourth-order valence-corrected chi connectivity index (χ4v) is 2.94. The summed E-state index contributed by atoms with van der Waals surface area (Å²) < 4.78 is 19.6. The Kier molecular flexibility index (Phi) is 5.16. The van der Waals surface area contributed by atoms with Gasteiger partial charge in [0.15, 0.2) is 6.61 Å². The number of pyridine rings is 1. The van der Waals surface area contributed by atoms with Gasteiger partial charge in [-0.05, 0) is 43.5 Å². The lowest BCUT2D eigenvalue weighted by Crippen LogP contribution is -2.21. The summed E-state index contributed by atoms with van der Waals surface area (Å²) in [6.45, 7) is 5.60. The summed E-state index contributed by atoms with van der Waals surface area (Å²) >= 11 is 0. The number of hydrogen-bond donors (Lipinski definition) is 1. The van der Waals surface area contributed by atoms with Crippen molar-refractivity contribution >= 4 is 22.5 Å². The van der Waals surface area contributed by atoms with Gasteiger partial charge in [0.2, 0.25) is 0 Å². The van der Waals surface area contributed by atoms with Crippen LogP contribution in [-0.2, 0) is 11.2 Å². The van der Waals surface area contributed by atoms with E-state index in [1.165, 1.54) is 6.07 Å². The zero-order valence-electron chi connectivity index (χ0n) is 15.1. The number of carbonyl (C=O) groups is 1. The van der Waals surface area contributed by atoms with E-state index >= 15 is 0 Å². The van der Waals surface area contributed by atoms with Gasteiger partial charge < -0.3 is 10.1 Å². The highest BCUT2D eigenvalue weighted by Crippen LogP contribution is 2.27. The topological polar surface area (TPSA) is 51.2 Å². The Bertz CT molecular complexity index is 970. The summed E-state index contributed by atoms with van der Waals surface area (Å²) in [4.78, 5) is 16.6. The van der Waals surface area contributed by atoms with Gasteiger partial charge in [0.25, 0.3) is 5.91 Å². The van der Waals surface area contributed by atoms with Gasteiger partial charge >= 0.3 is 0 Å². The second-order valence-electron chi connectivity index (χ2n) is 6.20. The largest absolute Gasteiger partial charge is 0.483 e. The van der Waals surface area contributed by atoms with Crippen molar-refractivity contribution < 1.29 is 13.9 Å². The van der Waals surface area contributed by atoms with Gasteiger partial charge in [-0.1, -0.05) is 31.2 Å². The fraction of sp³-hybridized carbons (Fsp3) is 0.238. The minimum atomic E-state index is -0.409. The van der Waals surface area contributed by atoms with Crippen LogP contribution in [0.1, 0.15) is 23.7 Å². The van der Waals surface area contributed by atoms with Gasteiger partial charge in [-0.25, -0.2) is 9.37 Å². The van der Waals surface area contributed by atoms with Crippen molar-refractivity contribution in [2.24, 2.45) is 0 Å². The maximum Gasteiger partial charge on any atom is 0.262 e. The standard InChI is InChI=1S/C21H21FN2O2/c1-4-15-8-5-7-13(2)20(15)24-19(25)12-26-18-11-14(3)23-21-16(18)9-6-10-17(21)22/h5-11H,4,12H2,1-3H3,(H,24,25). The SMILES string of the molecule is CCc1cccc(C)c1NC(=O)COc1cc(C)nc2c(F)cccc12. The molecule has 3 aromatic rings. The van der Waals surface area contributed by atoms with Crippen molar-refractivity contribution in [2.75, 3.05) is 11.9 Å². The molecule has 1 amide bonds. The number of ether oxygens (including phenoxy) is 1. The predicted molar refractivity (Wildman–Crippen MR) is 101 cm³/mol. The summed E-state index contributed by atoms with van der Waals surface area (Å²) in [6.07, 6.45) is 0.825. The smallest absolute Gasteiger partial charge is 0.262 e. The molecule has 134 valence electrons. The second kappa shape index (κ2) is 7.52. The summed E-state index contributed by atoms with van der Waals surface area (Å²) in [5.74, 6) is -0.219. The molecule has 1 N–H and O–H groups in total. The third-order valence-electron chi connectivity index (χ3n) is 4.24. The Morgan fingerprint density at radius 3 is 2.73 bits per heavy atom. The van der Waals surface area contributed by atoms with E-state index in [4.69, 9.17) is 4.74 Å². The lowest BCUT2D eigenvalue weighted by Gasteiger charge is -2.14. The van der Waals surface area contributed by atoms with E-state index in [1.807, 2.05) is 32.0 Å². The van der Waals surface area contributed by atoms with Crippen LogP contribution >= 0.6 is 0 Å². The lowest BCUT2D eigenvalue weighted by molar-refractivity contribution is -0.118. The van der Waals surface area contributed by atoms with Crippen molar-refractivity contribution in [3.8, 4) is 5.75 Å². The molecule has 3 rings (SSSR count). The maximum absolute atomic E-state index is 14.0. The molecule has 0 bridgehead atoms. The zero-order chi connectivity index (χ0) is 18.7. The Labute approximate surface area is 152 Å². The molecule has 5 heteroatoms. The van der Waals surface area contributed by atoms with Crippen LogP contribution in [0.2, 0.25) is 0 Å². The van der Waals surface area contributed by atoms with Gasteiger partial charge in [0, 0.05) is 22.8 Å². The Hall–Kier alpha value is -2.95. The first-order valence-corrected chi connectivity index (χ1v) is 8.56. The molecule has 0 aliphatic rings. The van der Waals surface area contributed by atoms with Gasteiger partial charge in [-0.3, -0.25) is 4.79 Å². The Morgan fingerprint density at radius 2 is 1.96 bits per heavy atom. The fourth-order valence-electron chi connectivity index (χ4n) is 2.94. The highest BCUT2D eigenvalue weighted by molar-refractivity contribution is 5.94. The number of aromatic nitrogens is 1. The molecular weight excluding hydrogens is 331 g/mol. The van der Waals surface area contributed by atoms with Crippen molar-refractivity contribution in [2.45, 2.75) is 27.2 Å². The number of rotatable bonds is 5. The first-order chi connectivity index (χ1) is 12.5. The number of para-hydroxylation sites is 2. The molecule has 4 nitrogen and oxygen atoms in total. The van der Waals surface area contributed by atoms with Crippen LogP contribution in [0.15, 0.2) is 42.5 Å². The average molecular weight is 352 g/mol. The number of aryl methyl sites for hydroxylation is 3. The molecule has 0 aliphatic heterocycles. The normalized spacial score (nSPS) is 10.8. The first kappa shape index (κ1) is 17.9. The van der Waals surface area contributed by atoms with E-state index in [-0.39, 0.29) is 18.0 Å². The van der Waals surface area contributed by atoms with Gasteiger partial charge in [0.1, 0.15) is 17.1 Å². The minimum absolute atomic E-state index is 0.160. The zero-order valence-corrected chi connectivity index (χ0v) is 15.1. The Balaban J connectivity index is 1.79. The monoisotopic (exact) mass is 352 g/mol. The number of nitrogens with zero attached hydrogens (tertiary/aromatic N) is 1. The quantitative estimate of drug-likeness (QED) is 0.732. The first-order valence-electron chi connectivity index (χ1n) is 8.56. The molecule has 0 radical (unpaired) electrons. The maximum atomic E-state index is 14.0. The van der Waals surface area contributed by atoms with E-state index in [0.29, 0.717) is 16.8 Å². The molecule has 0 aliphatic carbocycles. The molecule has 0 saturated heterocycles. The number of hydrogen-bond acceptors (Lipinski definition) is 3. The molecule has 0 unspecified atom stereocenters. The van der Waals surface area contributed by atoms with Gasteiger partial charge in [-0.15, -0.1) is 0 Å². The summed E-state index contributed by atoms with van der Waals surface area (Å²) in [7, 11) is 0. The van der Waals surface area contributed by atoms with Gasteiger partial charge in [0.05, 0.1) is 0 Å². The third-order valence-corrected chi connectivity index (χ3v) is 4.24. The van der Waals surface area contributed by atoms with Crippen LogP contribution in [0.5, 0.6) is 5.75 Å². The number of amides is 1. The number of nitrogens with one attached hydrogen (secondary N) is 1. The molecule has 0 atom stereocenters. The van der Waals surface area contributed by atoms with Crippen molar-refractivity contribution in [1.29, 1.82) is 0 Å². The van der Waals surface area contributed by atoms with Crippen LogP contribution in [0, 0.1) is 19.7 Å². The molecule has 1 heterocycles. The number of fused-ring (bicyclic) bond motifs is 1. The van der Waals surface area contributed by atoms with E-state index in [9.17, 15) is 9.18 Å². The van der Waals surface area contributed by atoms with Crippen molar-refractivity contribution in [3.63, 3.8) is 0 Å². The van der Waals surface area contributed by atoms with E-state index in [2.05, 4.69) is 10.3 Å². The van der Waals surface area contributed by atoms with Crippen LogP contribution in [-0.4, -0.2) is 17.5 Å². The summed E-state index contributed by atoms with van der Waals surface area (Å²) in [6, 6.07) is 12.3. The average Bonchev–Trinajstić information content (AvgIpc) is 2.62. The molecule has 0 spiro atoms. The van der Waals surface area contributed by atoms with E-state index in [1.54, 1.807) is 25.1 Å². The third kappa shape index (κ3) is 3.67. The van der Waals surface area contributed by atoms with Crippen molar-refractivity contribution in [3.05, 3.63) is 65.1 Å². The molecule has 1 aromatic heterocycles. The summed E-state index contributed by atoms with van der Waals surface area (Å²) in [5.41, 5.74) is 3.78. The van der Waals surface area contributed by atoms with Gasteiger partial charge in [-0.2, -0.15) is 0 Å². The number of anilines is 1. The molecule has 0 saturated carbocycles. The van der Waals surface area contributed by atoms with Crippen LogP contribution in [0.4, 0.5) is 10.1 Å². The van der Waals surface area contributed by atoms with Crippen molar-refractivity contribution in [1.82, 2.24) is 4.98 Å². The summed E-state index contributed by atoms with van der Waals surface area (Å²) in [5, 5.41) is 3.47. The van der Waals surface area contributed by atoms with E-state index < -0.39 is 5.82 Å². The van der Waals surface area contributed by atoms with E-state index in [0.717, 1.165) is 23.2 Å². The highest BCUT2D eigenvalue weighted by Gasteiger charge is 2.12. The van der Waals surface area contributed by atoms with Crippen LogP contribution < -0.4 is 10.1 Å². The van der Waals surface area contributed by atoms with Crippen LogP contribution in [0.25, 0.3) is 10.9 Å².